The fourth-order valence-corrected chi connectivity index (χ4v) is 2.43. The van der Waals surface area contributed by atoms with Gasteiger partial charge >= 0.3 is 0 Å². The summed E-state index contributed by atoms with van der Waals surface area (Å²) in [5, 5.41) is 2.40. The standard InChI is InChI=1S/C10H15N3O3S/c1-6-7(11)4-5-8(17(15,16)13-3)9(6)10(14)12-2/h4-5,13H,11H2,1-3H3,(H,12,14). The predicted molar refractivity (Wildman–Crippen MR) is 65.2 cm³/mol. The first kappa shape index (κ1) is 13.5. The van der Waals surface area contributed by atoms with Gasteiger partial charge in [-0.3, -0.25) is 4.79 Å². The van der Waals surface area contributed by atoms with Gasteiger partial charge in [-0.2, -0.15) is 0 Å². The number of hydrogen-bond donors (Lipinski definition) is 3. The zero-order chi connectivity index (χ0) is 13.2. The molecular formula is C10H15N3O3S. The summed E-state index contributed by atoms with van der Waals surface area (Å²) < 4.78 is 25.7. The Kier molecular flexibility index (Phi) is 3.74. The quantitative estimate of drug-likeness (QED) is 0.655. The van der Waals surface area contributed by atoms with Gasteiger partial charge in [0.2, 0.25) is 10.0 Å². The minimum Gasteiger partial charge on any atom is -0.398 e. The number of carbonyl (C=O) groups excluding carboxylic acids is 1. The summed E-state index contributed by atoms with van der Waals surface area (Å²) in [5.74, 6) is -0.483. The third-order valence-electron chi connectivity index (χ3n) is 2.48. The summed E-state index contributed by atoms with van der Waals surface area (Å²) in [6.45, 7) is 1.61. The SMILES string of the molecule is CNC(=O)c1c(S(=O)(=O)NC)ccc(N)c1C. The van der Waals surface area contributed by atoms with Crippen molar-refractivity contribution in [2.24, 2.45) is 0 Å². The molecule has 7 heteroatoms. The van der Waals surface area contributed by atoms with Gasteiger partial charge in [0.15, 0.2) is 0 Å². The molecule has 0 atom stereocenters. The van der Waals surface area contributed by atoms with Crippen LogP contribution in [0, 0.1) is 6.92 Å². The van der Waals surface area contributed by atoms with Crippen LogP contribution in [0.25, 0.3) is 0 Å². The molecule has 94 valence electrons. The van der Waals surface area contributed by atoms with Crippen molar-refractivity contribution in [1.82, 2.24) is 10.0 Å². The van der Waals surface area contributed by atoms with Crippen molar-refractivity contribution < 1.29 is 13.2 Å². The van der Waals surface area contributed by atoms with Crippen molar-refractivity contribution in [1.29, 1.82) is 0 Å². The van der Waals surface area contributed by atoms with Crippen LogP contribution >= 0.6 is 0 Å². The van der Waals surface area contributed by atoms with Crippen molar-refractivity contribution in [3.63, 3.8) is 0 Å². The van der Waals surface area contributed by atoms with E-state index in [9.17, 15) is 13.2 Å². The Morgan fingerprint density at radius 1 is 1.29 bits per heavy atom. The van der Waals surface area contributed by atoms with Gasteiger partial charge in [0.25, 0.3) is 5.91 Å². The van der Waals surface area contributed by atoms with Crippen LogP contribution in [-0.4, -0.2) is 28.4 Å². The molecule has 0 aromatic heterocycles. The molecule has 0 spiro atoms. The number of nitrogens with one attached hydrogen (secondary N) is 2. The second-order valence-corrected chi connectivity index (χ2v) is 5.29. The first-order chi connectivity index (χ1) is 7.85. The minimum atomic E-state index is -3.69. The number of carbonyl (C=O) groups is 1. The highest BCUT2D eigenvalue weighted by molar-refractivity contribution is 7.89. The molecule has 0 aliphatic heterocycles. The largest absolute Gasteiger partial charge is 0.398 e. The first-order valence-corrected chi connectivity index (χ1v) is 6.38. The fourth-order valence-electron chi connectivity index (χ4n) is 1.44. The molecule has 0 aliphatic carbocycles. The number of benzene rings is 1. The highest BCUT2D eigenvalue weighted by Crippen LogP contribution is 2.23. The van der Waals surface area contributed by atoms with Crippen LogP contribution in [0.1, 0.15) is 15.9 Å². The van der Waals surface area contributed by atoms with E-state index in [-0.39, 0.29) is 10.5 Å². The topological polar surface area (TPSA) is 101 Å². The summed E-state index contributed by atoms with van der Waals surface area (Å²) in [7, 11) is -0.972. The molecule has 0 fully saturated rings. The molecule has 0 heterocycles. The van der Waals surface area contributed by atoms with Crippen LogP contribution in [0.15, 0.2) is 17.0 Å². The number of hydrogen-bond acceptors (Lipinski definition) is 4. The maximum absolute atomic E-state index is 11.8. The smallest absolute Gasteiger partial charge is 0.252 e. The van der Waals surface area contributed by atoms with E-state index in [1.165, 1.54) is 26.2 Å². The normalized spacial score (nSPS) is 11.2. The molecule has 0 aliphatic rings. The van der Waals surface area contributed by atoms with Gasteiger partial charge in [-0.1, -0.05) is 0 Å². The maximum atomic E-state index is 11.8. The van der Waals surface area contributed by atoms with Crippen molar-refractivity contribution in [2.45, 2.75) is 11.8 Å². The second kappa shape index (κ2) is 4.72. The molecule has 0 bridgehead atoms. The molecule has 0 saturated heterocycles. The van der Waals surface area contributed by atoms with Crippen molar-refractivity contribution >= 4 is 21.6 Å². The van der Waals surface area contributed by atoms with Gasteiger partial charge in [0, 0.05) is 12.7 Å². The van der Waals surface area contributed by atoms with E-state index in [0.717, 1.165) is 0 Å². The van der Waals surface area contributed by atoms with Gasteiger partial charge < -0.3 is 11.1 Å². The Balaban J connectivity index is 3.63. The van der Waals surface area contributed by atoms with Gasteiger partial charge in [0.1, 0.15) is 0 Å². The molecule has 1 rings (SSSR count). The van der Waals surface area contributed by atoms with Crippen LogP contribution in [0.2, 0.25) is 0 Å². The third kappa shape index (κ3) is 2.40. The Morgan fingerprint density at radius 2 is 1.88 bits per heavy atom. The maximum Gasteiger partial charge on any atom is 0.252 e. The Morgan fingerprint density at radius 3 is 2.35 bits per heavy atom. The zero-order valence-electron chi connectivity index (χ0n) is 9.87. The molecule has 1 aromatic rings. The van der Waals surface area contributed by atoms with Gasteiger partial charge in [-0.05, 0) is 31.7 Å². The summed E-state index contributed by atoms with van der Waals surface area (Å²) in [6.07, 6.45) is 0. The number of nitrogens with two attached hydrogens (primary N) is 1. The molecule has 0 radical (unpaired) electrons. The second-order valence-electron chi connectivity index (χ2n) is 3.44. The molecular weight excluding hydrogens is 242 g/mol. The first-order valence-electron chi connectivity index (χ1n) is 4.90. The number of anilines is 1. The monoisotopic (exact) mass is 257 g/mol. The van der Waals surface area contributed by atoms with Crippen LogP contribution in [-0.2, 0) is 10.0 Å². The lowest BCUT2D eigenvalue weighted by Crippen LogP contribution is -2.26. The number of sulfonamides is 1. The van der Waals surface area contributed by atoms with E-state index in [4.69, 9.17) is 5.73 Å². The van der Waals surface area contributed by atoms with E-state index >= 15 is 0 Å². The molecule has 0 unspecified atom stereocenters. The van der Waals surface area contributed by atoms with Crippen molar-refractivity contribution in [2.75, 3.05) is 19.8 Å². The lowest BCUT2D eigenvalue weighted by atomic mass is 10.1. The third-order valence-corrected chi connectivity index (χ3v) is 3.94. The molecule has 1 aromatic carbocycles. The average molecular weight is 257 g/mol. The highest BCUT2D eigenvalue weighted by atomic mass is 32.2. The minimum absolute atomic E-state index is 0.0712. The summed E-state index contributed by atoms with van der Waals surface area (Å²) in [4.78, 5) is 11.6. The Bertz CT molecular complexity index is 552. The number of rotatable bonds is 3. The van der Waals surface area contributed by atoms with Crippen LogP contribution in [0.4, 0.5) is 5.69 Å². The molecule has 1 amide bonds. The van der Waals surface area contributed by atoms with Crippen molar-refractivity contribution in [3.8, 4) is 0 Å². The lowest BCUT2D eigenvalue weighted by Gasteiger charge is -2.13. The predicted octanol–water partition coefficient (Wildman–Crippen LogP) is -0.155. The molecule has 6 nitrogen and oxygen atoms in total. The highest BCUT2D eigenvalue weighted by Gasteiger charge is 2.23. The van der Waals surface area contributed by atoms with Gasteiger partial charge in [-0.25, -0.2) is 13.1 Å². The van der Waals surface area contributed by atoms with E-state index < -0.39 is 15.9 Å². The number of amides is 1. The number of nitrogen functional groups attached to an aromatic ring is 1. The molecule has 0 saturated carbocycles. The Hall–Kier alpha value is -1.60. The van der Waals surface area contributed by atoms with Crippen LogP contribution in [0.5, 0.6) is 0 Å². The summed E-state index contributed by atoms with van der Waals surface area (Å²) in [5.41, 5.74) is 6.56. The molecule has 17 heavy (non-hydrogen) atoms. The Labute approximate surface area is 100 Å². The lowest BCUT2D eigenvalue weighted by molar-refractivity contribution is 0.0959. The summed E-state index contributed by atoms with van der Waals surface area (Å²) >= 11 is 0. The van der Waals surface area contributed by atoms with Gasteiger partial charge in [0.05, 0.1) is 10.5 Å². The average Bonchev–Trinajstić information content (AvgIpc) is 2.31. The molecule has 4 N–H and O–H groups in total. The van der Waals surface area contributed by atoms with Crippen LogP contribution in [0.3, 0.4) is 0 Å². The summed E-state index contributed by atoms with van der Waals surface area (Å²) in [6, 6.07) is 2.78. The zero-order valence-corrected chi connectivity index (χ0v) is 10.7. The van der Waals surface area contributed by atoms with Crippen molar-refractivity contribution in [3.05, 3.63) is 23.3 Å². The fraction of sp³-hybridized carbons (Fsp3) is 0.300. The van der Waals surface area contributed by atoms with E-state index in [2.05, 4.69) is 10.0 Å². The van der Waals surface area contributed by atoms with E-state index in [1.54, 1.807) is 6.92 Å². The van der Waals surface area contributed by atoms with E-state index in [1.807, 2.05) is 0 Å². The van der Waals surface area contributed by atoms with Crippen LogP contribution < -0.4 is 15.8 Å². The van der Waals surface area contributed by atoms with Gasteiger partial charge in [-0.15, -0.1) is 0 Å². The van der Waals surface area contributed by atoms with E-state index in [0.29, 0.717) is 11.3 Å².